The van der Waals surface area contributed by atoms with Crippen LogP contribution in [0.2, 0.25) is 0 Å². The van der Waals surface area contributed by atoms with Gasteiger partial charge < -0.3 is 30.9 Å². The van der Waals surface area contributed by atoms with Gasteiger partial charge in [0, 0.05) is 50.1 Å². The Morgan fingerprint density at radius 2 is 1.22 bits per heavy atom. The summed E-state index contributed by atoms with van der Waals surface area (Å²) in [6.07, 6.45) is 2.60. The molecule has 1 aliphatic heterocycles. The van der Waals surface area contributed by atoms with Crippen LogP contribution in [0.1, 0.15) is 78.7 Å². The second kappa shape index (κ2) is 19.7. The maximum absolute atomic E-state index is 12.8. The zero-order valence-electron chi connectivity index (χ0n) is 30.6. The van der Waals surface area contributed by atoms with Crippen molar-refractivity contribution in [3.05, 3.63) is 161 Å². The van der Waals surface area contributed by atoms with Crippen LogP contribution in [-0.4, -0.2) is 34.5 Å². The molecule has 280 valence electrons. The topological polar surface area (TPSA) is 126 Å². The standard InChI is InChI=1S/C45H50N4O5/c46-40-16-10-11-17-41(40)48-44(52)19-9-3-8-18-43(51)47-38-26-24-37(25-27-38)45-53-39(28-42(54-45)36-22-20-35(32-50)21-23-36)31-49(29-33-12-4-1-5-13-33)30-34-14-6-2-7-15-34/h1-2,4-7,10-17,20-27,39,42,45,50H,3,8-9,18-19,28-32,46H2,(H,47,51)(H,48,52)/t39-,42+,45+/m0/s1. The zero-order chi connectivity index (χ0) is 37.5. The summed E-state index contributed by atoms with van der Waals surface area (Å²) in [7, 11) is 0. The molecule has 0 unspecified atom stereocenters. The number of nitrogens with one attached hydrogen (secondary N) is 2. The summed E-state index contributed by atoms with van der Waals surface area (Å²) in [6, 6.07) is 43.7. The molecule has 3 atom stereocenters. The van der Waals surface area contributed by atoms with Gasteiger partial charge in [0.1, 0.15) is 0 Å². The average Bonchev–Trinajstić information content (AvgIpc) is 3.19. The number of aliphatic hydroxyl groups is 1. The lowest BCUT2D eigenvalue weighted by Crippen LogP contribution is -2.39. The number of nitrogens with two attached hydrogens (primary N) is 1. The summed E-state index contributed by atoms with van der Waals surface area (Å²) in [5, 5.41) is 15.5. The predicted molar refractivity (Wildman–Crippen MR) is 213 cm³/mol. The van der Waals surface area contributed by atoms with E-state index in [9.17, 15) is 14.7 Å². The number of amides is 2. The number of rotatable bonds is 17. The van der Waals surface area contributed by atoms with E-state index in [1.807, 2.05) is 72.8 Å². The molecule has 1 heterocycles. The minimum absolute atomic E-state index is 0.0127. The number of nitrogens with zero attached hydrogens (tertiary/aromatic N) is 1. The molecule has 9 heteroatoms. The maximum atomic E-state index is 12.8. The highest BCUT2D eigenvalue weighted by molar-refractivity contribution is 5.93. The highest BCUT2D eigenvalue weighted by atomic mass is 16.7. The van der Waals surface area contributed by atoms with E-state index in [2.05, 4.69) is 64.1 Å². The first kappa shape index (κ1) is 38.4. The van der Waals surface area contributed by atoms with Gasteiger partial charge in [-0.25, -0.2) is 0 Å². The molecule has 0 aliphatic carbocycles. The van der Waals surface area contributed by atoms with Crippen LogP contribution in [0.5, 0.6) is 0 Å². The number of carbonyl (C=O) groups excluding carboxylic acids is 2. The van der Waals surface area contributed by atoms with Gasteiger partial charge in [-0.3, -0.25) is 14.5 Å². The molecule has 6 rings (SSSR count). The second-order valence-electron chi connectivity index (χ2n) is 13.9. The number of aliphatic hydroxyl groups excluding tert-OH is 1. The smallest absolute Gasteiger partial charge is 0.224 e. The molecule has 9 nitrogen and oxygen atoms in total. The second-order valence-corrected chi connectivity index (χ2v) is 13.9. The van der Waals surface area contributed by atoms with Gasteiger partial charge in [-0.1, -0.05) is 116 Å². The third kappa shape index (κ3) is 11.6. The van der Waals surface area contributed by atoms with Crippen molar-refractivity contribution in [2.75, 3.05) is 22.9 Å². The number of ether oxygens (including phenoxy) is 2. The Labute approximate surface area is 318 Å². The highest BCUT2D eigenvalue weighted by Gasteiger charge is 2.33. The van der Waals surface area contributed by atoms with Gasteiger partial charge in [-0.15, -0.1) is 0 Å². The first-order valence-corrected chi connectivity index (χ1v) is 18.8. The number of para-hydroxylation sites is 2. The lowest BCUT2D eigenvalue weighted by atomic mass is 9.99. The Balaban J connectivity index is 1.06. The molecule has 0 bridgehead atoms. The monoisotopic (exact) mass is 726 g/mol. The van der Waals surface area contributed by atoms with E-state index >= 15 is 0 Å². The fourth-order valence-electron chi connectivity index (χ4n) is 6.71. The normalized spacial score (nSPS) is 16.9. The van der Waals surface area contributed by atoms with Crippen molar-refractivity contribution >= 4 is 28.9 Å². The average molecular weight is 727 g/mol. The van der Waals surface area contributed by atoms with Crippen LogP contribution in [0.25, 0.3) is 0 Å². The Morgan fingerprint density at radius 1 is 0.648 bits per heavy atom. The lowest BCUT2D eigenvalue weighted by molar-refractivity contribution is -0.253. The number of nitrogen functional groups attached to an aromatic ring is 1. The summed E-state index contributed by atoms with van der Waals surface area (Å²) < 4.78 is 13.3. The van der Waals surface area contributed by atoms with Crippen LogP contribution < -0.4 is 16.4 Å². The molecule has 0 spiro atoms. The lowest BCUT2D eigenvalue weighted by Gasteiger charge is -2.38. The van der Waals surface area contributed by atoms with Gasteiger partial charge >= 0.3 is 0 Å². The number of hydrogen-bond acceptors (Lipinski definition) is 7. The minimum atomic E-state index is -0.609. The van der Waals surface area contributed by atoms with Crippen molar-refractivity contribution in [3.8, 4) is 0 Å². The molecule has 0 radical (unpaired) electrons. The zero-order valence-corrected chi connectivity index (χ0v) is 30.6. The van der Waals surface area contributed by atoms with Crippen molar-refractivity contribution in [1.29, 1.82) is 0 Å². The predicted octanol–water partition coefficient (Wildman–Crippen LogP) is 8.54. The first-order chi connectivity index (χ1) is 26.4. The Hall–Kier alpha value is -5.32. The third-order valence-corrected chi connectivity index (χ3v) is 9.58. The van der Waals surface area contributed by atoms with Gasteiger partial charge in [0.15, 0.2) is 6.29 Å². The van der Waals surface area contributed by atoms with E-state index in [0.717, 1.165) is 36.2 Å². The van der Waals surface area contributed by atoms with Crippen LogP contribution >= 0.6 is 0 Å². The number of anilines is 3. The van der Waals surface area contributed by atoms with E-state index < -0.39 is 6.29 Å². The third-order valence-electron chi connectivity index (χ3n) is 9.58. The molecule has 0 saturated carbocycles. The number of unbranched alkanes of at least 4 members (excludes halogenated alkanes) is 2. The largest absolute Gasteiger partial charge is 0.397 e. The fraction of sp³-hybridized carbons (Fsp3) is 0.289. The maximum Gasteiger partial charge on any atom is 0.224 e. The van der Waals surface area contributed by atoms with E-state index in [4.69, 9.17) is 15.2 Å². The number of benzene rings is 5. The van der Waals surface area contributed by atoms with Crippen molar-refractivity contribution in [1.82, 2.24) is 4.90 Å². The van der Waals surface area contributed by atoms with Crippen LogP contribution in [-0.2, 0) is 38.8 Å². The molecule has 5 aromatic carbocycles. The summed E-state index contributed by atoms with van der Waals surface area (Å²) in [5.41, 5.74) is 13.0. The van der Waals surface area contributed by atoms with E-state index in [-0.39, 0.29) is 30.6 Å². The minimum Gasteiger partial charge on any atom is -0.397 e. The van der Waals surface area contributed by atoms with Gasteiger partial charge in [-0.05, 0) is 59.4 Å². The summed E-state index contributed by atoms with van der Waals surface area (Å²) >= 11 is 0. The Morgan fingerprint density at radius 3 is 1.83 bits per heavy atom. The summed E-state index contributed by atoms with van der Waals surface area (Å²) in [4.78, 5) is 27.5. The number of carbonyl (C=O) groups is 2. The van der Waals surface area contributed by atoms with Crippen LogP contribution in [0, 0.1) is 0 Å². The highest BCUT2D eigenvalue weighted by Crippen LogP contribution is 2.38. The van der Waals surface area contributed by atoms with Crippen molar-refractivity contribution in [2.45, 2.75) is 76.7 Å². The SMILES string of the molecule is Nc1ccccc1NC(=O)CCCCCC(=O)Nc1ccc([C@@H]2O[C@H](CN(Cc3ccccc3)Cc3ccccc3)C[C@H](c3ccc(CO)cc3)O2)cc1. The summed E-state index contributed by atoms with van der Waals surface area (Å²) in [5.74, 6) is -0.157. The molecule has 54 heavy (non-hydrogen) atoms. The number of hydrogen-bond donors (Lipinski definition) is 4. The molecule has 0 aromatic heterocycles. The van der Waals surface area contributed by atoms with E-state index in [1.165, 1.54) is 11.1 Å². The van der Waals surface area contributed by atoms with Gasteiger partial charge in [0.2, 0.25) is 11.8 Å². The quantitative estimate of drug-likeness (QED) is 0.0559. The van der Waals surface area contributed by atoms with Crippen molar-refractivity contribution in [3.63, 3.8) is 0 Å². The molecular weight excluding hydrogens is 677 g/mol. The van der Waals surface area contributed by atoms with E-state index in [1.54, 1.807) is 12.1 Å². The van der Waals surface area contributed by atoms with Gasteiger partial charge in [0.05, 0.1) is 30.2 Å². The molecule has 1 fully saturated rings. The Bertz CT molecular complexity index is 1860. The van der Waals surface area contributed by atoms with Gasteiger partial charge in [-0.2, -0.15) is 0 Å². The van der Waals surface area contributed by atoms with Crippen LogP contribution in [0.3, 0.4) is 0 Å². The van der Waals surface area contributed by atoms with Gasteiger partial charge in [0.25, 0.3) is 0 Å². The van der Waals surface area contributed by atoms with Crippen molar-refractivity contribution in [2.24, 2.45) is 0 Å². The Kier molecular flexibility index (Phi) is 14.0. The van der Waals surface area contributed by atoms with Crippen LogP contribution in [0.15, 0.2) is 133 Å². The molecule has 5 N–H and O–H groups in total. The fourth-order valence-corrected chi connectivity index (χ4v) is 6.71. The summed E-state index contributed by atoms with van der Waals surface area (Å²) in [6.45, 7) is 2.26. The van der Waals surface area contributed by atoms with Crippen molar-refractivity contribution < 1.29 is 24.2 Å². The molecular formula is C45H50N4O5. The molecule has 2 amide bonds. The van der Waals surface area contributed by atoms with E-state index in [0.29, 0.717) is 55.7 Å². The molecule has 1 aliphatic rings. The molecule has 1 saturated heterocycles. The first-order valence-electron chi connectivity index (χ1n) is 18.8. The van der Waals surface area contributed by atoms with Crippen LogP contribution in [0.4, 0.5) is 17.1 Å². The molecule has 5 aromatic rings.